The van der Waals surface area contributed by atoms with Gasteiger partial charge in [-0.2, -0.15) is 0 Å². The fraction of sp³-hybridized carbons (Fsp3) is 0.923. The van der Waals surface area contributed by atoms with E-state index >= 15 is 0 Å². The van der Waals surface area contributed by atoms with Gasteiger partial charge < -0.3 is 0 Å². The third kappa shape index (κ3) is 21.5. The summed E-state index contributed by atoms with van der Waals surface area (Å²) in [5.41, 5.74) is 0. The largest absolute Gasteiger partial charge is 0.257 e. The standard InChI is InChI=1S/C39H76N2/c1-5-8-11-14-17-20-22-25-28-31-34-38(33-30-27-24-21-18-15-12-9-6-2)39-40-35-36-41(39)37(4)32-29-26-23-19-16-13-10-7-3/h35-38H,5-34H2,1-4H3/p+1. The lowest BCUT2D eigenvalue weighted by Crippen LogP contribution is -2.41. The predicted octanol–water partition coefficient (Wildman–Crippen LogP) is 13.7. The number of imidazole rings is 1. The van der Waals surface area contributed by atoms with E-state index in [-0.39, 0.29) is 0 Å². The van der Waals surface area contributed by atoms with Crippen molar-refractivity contribution in [2.75, 3.05) is 0 Å². The van der Waals surface area contributed by atoms with Gasteiger partial charge in [-0.05, 0) is 32.6 Å². The molecule has 2 atom stereocenters. The van der Waals surface area contributed by atoms with E-state index in [1.807, 2.05) is 0 Å². The molecule has 1 rings (SSSR count). The molecule has 242 valence electrons. The van der Waals surface area contributed by atoms with Crippen LogP contribution < -0.4 is 4.57 Å². The number of aromatic amines is 1. The molecule has 0 saturated carbocycles. The molecule has 0 saturated heterocycles. The van der Waals surface area contributed by atoms with Crippen molar-refractivity contribution in [1.82, 2.24) is 4.98 Å². The summed E-state index contributed by atoms with van der Waals surface area (Å²) in [5.74, 6) is 2.25. The zero-order chi connectivity index (χ0) is 29.6. The normalized spacial score (nSPS) is 13.2. The minimum absolute atomic E-state index is 0.620. The first kappa shape index (κ1) is 38.2. The van der Waals surface area contributed by atoms with Crippen molar-refractivity contribution in [3.8, 4) is 0 Å². The molecule has 0 aliphatic heterocycles. The molecule has 0 amide bonds. The van der Waals surface area contributed by atoms with Gasteiger partial charge in [0.2, 0.25) is 0 Å². The Labute approximate surface area is 259 Å². The van der Waals surface area contributed by atoms with Gasteiger partial charge in [-0.25, -0.2) is 9.55 Å². The molecule has 41 heavy (non-hydrogen) atoms. The Bertz CT molecular complexity index is 635. The van der Waals surface area contributed by atoms with Crippen LogP contribution in [-0.4, -0.2) is 4.98 Å². The van der Waals surface area contributed by atoms with Gasteiger partial charge in [0.05, 0.1) is 12.0 Å². The summed E-state index contributed by atoms with van der Waals surface area (Å²) < 4.78 is 2.63. The van der Waals surface area contributed by atoms with Gasteiger partial charge in [0.15, 0.2) is 0 Å². The van der Waals surface area contributed by atoms with Crippen molar-refractivity contribution in [1.29, 1.82) is 0 Å². The summed E-state index contributed by atoms with van der Waals surface area (Å²) in [4.78, 5) is 3.75. The third-order valence-corrected chi connectivity index (χ3v) is 9.64. The lowest BCUT2D eigenvalue weighted by molar-refractivity contribution is -0.727. The predicted molar refractivity (Wildman–Crippen MR) is 184 cm³/mol. The first-order valence-corrected chi connectivity index (χ1v) is 19.3. The van der Waals surface area contributed by atoms with Crippen LogP contribution in [0.1, 0.15) is 238 Å². The number of hydrogen-bond donors (Lipinski definition) is 1. The molecule has 0 aliphatic carbocycles. The first-order valence-electron chi connectivity index (χ1n) is 19.3. The van der Waals surface area contributed by atoms with Gasteiger partial charge in [-0.15, -0.1) is 0 Å². The lowest BCUT2D eigenvalue weighted by Gasteiger charge is -2.17. The molecule has 0 bridgehead atoms. The lowest BCUT2D eigenvalue weighted by atomic mass is 9.92. The van der Waals surface area contributed by atoms with Crippen molar-refractivity contribution in [2.24, 2.45) is 0 Å². The Hall–Kier alpha value is -0.790. The fourth-order valence-electron chi connectivity index (χ4n) is 6.78. The highest BCUT2D eigenvalue weighted by Gasteiger charge is 2.25. The van der Waals surface area contributed by atoms with E-state index in [2.05, 4.69) is 49.6 Å². The number of nitrogens with zero attached hydrogens (tertiary/aromatic N) is 1. The van der Waals surface area contributed by atoms with Crippen molar-refractivity contribution < 1.29 is 4.57 Å². The molecule has 2 unspecified atom stereocenters. The topological polar surface area (TPSA) is 19.7 Å². The van der Waals surface area contributed by atoms with E-state index in [1.54, 1.807) is 0 Å². The smallest absolute Gasteiger partial charge is 0.247 e. The van der Waals surface area contributed by atoms with Crippen LogP contribution in [0.4, 0.5) is 0 Å². The SMILES string of the molecule is CCCCCCCCCCCCC(CCCCCCCCCCC)c1[nH]cc[n+]1C(C)CCCCCCCCCC. The molecule has 0 spiro atoms. The number of hydrogen-bond acceptors (Lipinski definition) is 0. The second kappa shape index (κ2) is 29.3. The molecule has 1 aromatic heterocycles. The number of H-pyrrole nitrogens is 1. The zero-order valence-corrected chi connectivity index (χ0v) is 29.0. The maximum Gasteiger partial charge on any atom is 0.257 e. The number of nitrogens with one attached hydrogen (secondary N) is 1. The molecule has 0 aromatic carbocycles. The molecule has 0 aliphatic rings. The van der Waals surface area contributed by atoms with Crippen LogP contribution in [0.15, 0.2) is 12.4 Å². The monoisotopic (exact) mass is 574 g/mol. The minimum atomic E-state index is 0.620. The van der Waals surface area contributed by atoms with E-state index in [0.717, 1.165) is 0 Å². The number of aromatic nitrogens is 2. The van der Waals surface area contributed by atoms with Gasteiger partial charge in [-0.3, -0.25) is 0 Å². The number of unbranched alkanes of at least 4 members (excludes halogenated alkanes) is 24. The maximum absolute atomic E-state index is 3.75. The van der Waals surface area contributed by atoms with Crippen LogP contribution in [-0.2, 0) is 0 Å². The number of rotatable bonds is 32. The van der Waals surface area contributed by atoms with E-state index in [9.17, 15) is 0 Å². The molecule has 1 heterocycles. The quantitative estimate of drug-likeness (QED) is 0.0653. The molecule has 1 N–H and O–H groups in total. The molecule has 1 aromatic rings. The van der Waals surface area contributed by atoms with E-state index in [1.165, 1.54) is 198 Å². The van der Waals surface area contributed by atoms with Crippen molar-refractivity contribution in [3.63, 3.8) is 0 Å². The maximum atomic E-state index is 3.75. The summed E-state index contributed by atoms with van der Waals surface area (Å²) in [6.45, 7) is 9.41. The van der Waals surface area contributed by atoms with E-state index in [4.69, 9.17) is 0 Å². The molecule has 0 radical (unpaired) electrons. The Morgan fingerprint density at radius 1 is 0.463 bits per heavy atom. The van der Waals surface area contributed by atoms with Gasteiger partial charge in [0, 0.05) is 0 Å². The zero-order valence-electron chi connectivity index (χ0n) is 29.0. The van der Waals surface area contributed by atoms with E-state index in [0.29, 0.717) is 12.0 Å². The summed E-state index contributed by atoms with van der Waals surface area (Å²) >= 11 is 0. The average Bonchev–Trinajstić information content (AvgIpc) is 3.47. The van der Waals surface area contributed by atoms with Gasteiger partial charge >= 0.3 is 0 Å². The molecule has 0 fully saturated rings. The summed E-state index contributed by atoms with van der Waals surface area (Å²) in [6.07, 6.45) is 47.2. The van der Waals surface area contributed by atoms with Crippen molar-refractivity contribution in [2.45, 2.75) is 232 Å². The van der Waals surface area contributed by atoms with Crippen LogP contribution in [0, 0.1) is 0 Å². The molecular formula is C39H77N2+. The summed E-state index contributed by atoms with van der Waals surface area (Å²) in [5, 5.41) is 0. The highest BCUT2D eigenvalue weighted by molar-refractivity contribution is 4.90. The van der Waals surface area contributed by atoms with E-state index < -0.39 is 0 Å². The van der Waals surface area contributed by atoms with Gasteiger partial charge in [0.25, 0.3) is 5.82 Å². The van der Waals surface area contributed by atoms with Crippen LogP contribution in [0.2, 0.25) is 0 Å². The summed E-state index contributed by atoms with van der Waals surface area (Å²) in [7, 11) is 0. The Morgan fingerprint density at radius 3 is 1.15 bits per heavy atom. The van der Waals surface area contributed by atoms with Gasteiger partial charge in [0.1, 0.15) is 12.4 Å². The Kier molecular flexibility index (Phi) is 27.3. The second-order valence-corrected chi connectivity index (χ2v) is 13.6. The molecular weight excluding hydrogens is 496 g/mol. The average molecular weight is 574 g/mol. The van der Waals surface area contributed by atoms with Crippen LogP contribution in [0.25, 0.3) is 0 Å². The van der Waals surface area contributed by atoms with Crippen LogP contribution in [0.3, 0.4) is 0 Å². The van der Waals surface area contributed by atoms with Crippen molar-refractivity contribution >= 4 is 0 Å². The van der Waals surface area contributed by atoms with Gasteiger partial charge in [-0.1, -0.05) is 188 Å². The second-order valence-electron chi connectivity index (χ2n) is 13.6. The van der Waals surface area contributed by atoms with Crippen molar-refractivity contribution in [3.05, 3.63) is 18.2 Å². The highest BCUT2D eigenvalue weighted by atomic mass is 15.1. The molecule has 2 nitrogen and oxygen atoms in total. The third-order valence-electron chi connectivity index (χ3n) is 9.64. The Balaban J connectivity index is 2.45. The summed E-state index contributed by atoms with van der Waals surface area (Å²) in [6, 6.07) is 0.620. The Morgan fingerprint density at radius 2 is 0.780 bits per heavy atom. The highest BCUT2D eigenvalue weighted by Crippen LogP contribution is 2.27. The van der Waals surface area contributed by atoms with Crippen LogP contribution >= 0.6 is 0 Å². The molecule has 2 heteroatoms. The van der Waals surface area contributed by atoms with Crippen LogP contribution in [0.5, 0.6) is 0 Å². The fourth-order valence-corrected chi connectivity index (χ4v) is 6.78. The first-order chi connectivity index (χ1) is 20.2. The minimum Gasteiger partial charge on any atom is -0.247 e.